The van der Waals surface area contributed by atoms with E-state index in [1.165, 1.54) is 37.3 Å². The van der Waals surface area contributed by atoms with Crippen molar-refractivity contribution in [2.75, 3.05) is 36.4 Å². The molecule has 1 aromatic rings. The maximum absolute atomic E-state index is 5.49. The number of nitrogens with two attached hydrogens (primary N) is 1. The topological polar surface area (TPSA) is 41.3 Å². The zero-order valence-electron chi connectivity index (χ0n) is 12.1. The van der Waals surface area contributed by atoms with Crippen molar-refractivity contribution in [1.29, 1.82) is 0 Å². The summed E-state index contributed by atoms with van der Waals surface area (Å²) < 4.78 is 0. The second-order valence-electron chi connectivity index (χ2n) is 5.64. The summed E-state index contributed by atoms with van der Waals surface area (Å²) in [5.74, 6) is 0.889. The lowest BCUT2D eigenvalue weighted by Crippen LogP contribution is -2.32. The minimum atomic E-state index is 0.786. The maximum Gasteiger partial charge on any atom is 0.0367 e. The molecular weight excluding hydrogens is 234 g/mol. The maximum atomic E-state index is 5.49. The highest BCUT2D eigenvalue weighted by molar-refractivity contribution is 5.55. The van der Waals surface area contributed by atoms with Crippen LogP contribution in [0.4, 0.5) is 11.4 Å². The predicted molar refractivity (Wildman–Crippen MR) is 83.8 cm³/mol. The van der Waals surface area contributed by atoms with Crippen LogP contribution in [0.5, 0.6) is 0 Å². The van der Waals surface area contributed by atoms with Crippen LogP contribution in [0.3, 0.4) is 0 Å². The molecule has 1 heterocycles. The number of rotatable bonds is 6. The number of anilines is 2. The number of piperidine rings is 1. The van der Waals surface area contributed by atoms with Gasteiger partial charge in [0.15, 0.2) is 0 Å². The van der Waals surface area contributed by atoms with Gasteiger partial charge in [-0.2, -0.15) is 0 Å². The third-order valence-corrected chi connectivity index (χ3v) is 3.98. The summed E-state index contributed by atoms with van der Waals surface area (Å²) in [6.45, 7) is 6.55. The second-order valence-corrected chi connectivity index (χ2v) is 5.64. The van der Waals surface area contributed by atoms with Crippen molar-refractivity contribution >= 4 is 11.4 Å². The minimum Gasteiger partial charge on any atom is -0.385 e. The van der Waals surface area contributed by atoms with Gasteiger partial charge in [-0.3, -0.25) is 0 Å². The molecule has 0 atom stereocenters. The van der Waals surface area contributed by atoms with Crippen molar-refractivity contribution < 1.29 is 0 Å². The highest BCUT2D eigenvalue weighted by atomic mass is 15.1. The van der Waals surface area contributed by atoms with Gasteiger partial charge in [0.25, 0.3) is 0 Å². The van der Waals surface area contributed by atoms with E-state index in [0.717, 1.165) is 31.8 Å². The van der Waals surface area contributed by atoms with Gasteiger partial charge in [0.05, 0.1) is 0 Å². The van der Waals surface area contributed by atoms with E-state index in [0.29, 0.717) is 0 Å². The Morgan fingerprint density at radius 2 is 1.84 bits per heavy atom. The van der Waals surface area contributed by atoms with Crippen molar-refractivity contribution in [2.24, 2.45) is 11.7 Å². The average Bonchev–Trinajstić information content (AvgIpc) is 2.45. The van der Waals surface area contributed by atoms with Crippen LogP contribution in [0.1, 0.15) is 32.6 Å². The zero-order valence-corrected chi connectivity index (χ0v) is 12.1. The van der Waals surface area contributed by atoms with Crippen molar-refractivity contribution in [3.05, 3.63) is 24.3 Å². The van der Waals surface area contributed by atoms with E-state index in [1.54, 1.807) is 0 Å². The molecule has 0 saturated carbocycles. The van der Waals surface area contributed by atoms with Crippen molar-refractivity contribution in [1.82, 2.24) is 0 Å². The smallest absolute Gasteiger partial charge is 0.0367 e. The molecule has 0 amide bonds. The SMILES string of the molecule is CC1CCN(c2ccc(NCCCCN)cc2)CC1. The Morgan fingerprint density at radius 3 is 2.47 bits per heavy atom. The number of nitrogens with zero attached hydrogens (tertiary/aromatic N) is 1. The first kappa shape index (κ1) is 14.2. The molecule has 106 valence electrons. The van der Waals surface area contributed by atoms with Gasteiger partial charge in [0.2, 0.25) is 0 Å². The Balaban J connectivity index is 1.81. The monoisotopic (exact) mass is 261 g/mol. The lowest BCUT2D eigenvalue weighted by molar-refractivity contribution is 0.438. The molecule has 0 bridgehead atoms. The van der Waals surface area contributed by atoms with Crippen LogP contribution in [0, 0.1) is 5.92 Å². The molecule has 0 unspecified atom stereocenters. The Labute approximate surface area is 117 Å². The molecule has 1 fully saturated rings. The Hall–Kier alpha value is -1.22. The van der Waals surface area contributed by atoms with E-state index in [-0.39, 0.29) is 0 Å². The molecule has 3 N–H and O–H groups in total. The average molecular weight is 261 g/mol. The van der Waals surface area contributed by atoms with Crippen LogP contribution in [-0.4, -0.2) is 26.2 Å². The summed E-state index contributed by atoms with van der Waals surface area (Å²) in [5.41, 5.74) is 8.06. The predicted octanol–water partition coefficient (Wildman–Crippen LogP) is 3.07. The van der Waals surface area contributed by atoms with Gasteiger partial charge in [-0.05, 0) is 62.4 Å². The molecule has 1 aliphatic heterocycles. The Kier molecular flexibility index (Phi) is 5.52. The first-order chi connectivity index (χ1) is 9.29. The molecule has 1 aliphatic rings. The van der Waals surface area contributed by atoms with E-state index in [4.69, 9.17) is 5.73 Å². The van der Waals surface area contributed by atoms with Crippen molar-refractivity contribution in [2.45, 2.75) is 32.6 Å². The first-order valence-corrected chi connectivity index (χ1v) is 7.58. The summed E-state index contributed by atoms with van der Waals surface area (Å²) in [6, 6.07) is 8.86. The minimum absolute atomic E-state index is 0.786. The molecule has 3 heteroatoms. The van der Waals surface area contributed by atoms with E-state index in [9.17, 15) is 0 Å². The number of hydrogen-bond donors (Lipinski definition) is 2. The van der Waals surface area contributed by atoms with Crippen LogP contribution in [0.2, 0.25) is 0 Å². The molecule has 0 radical (unpaired) electrons. The number of benzene rings is 1. The summed E-state index contributed by atoms with van der Waals surface area (Å²) in [5, 5.41) is 3.44. The summed E-state index contributed by atoms with van der Waals surface area (Å²) in [6.07, 6.45) is 4.87. The lowest BCUT2D eigenvalue weighted by Gasteiger charge is -2.32. The third kappa shape index (κ3) is 4.43. The molecule has 2 rings (SSSR count). The van der Waals surface area contributed by atoms with Crippen LogP contribution >= 0.6 is 0 Å². The summed E-state index contributed by atoms with van der Waals surface area (Å²) in [4.78, 5) is 2.50. The van der Waals surface area contributed by atoms with Gasteiger partial charge >= 0.3 is 0 Å². The van der Waals surface area contributed by atoms with Gasteiger partial charge in [-0.15, -0.1) is 0 Å². The molecule has 0 aromatic heterocycles. The van der Waals surface area contributed by atoms with E-state index < -0.39 is 0 Å². The van der Waals surface area contributed by atoms with Gasteiger partial charge in [-0.25, -0.2) is 0 Å². The standard InChI is InChI=1S/C16H27N3/c1-14-8-12-19(13-9-14)16-6-4-15(5-7-16)18-11-3-2-10-17/h4-7,14,18H,2-3,8-13,17H2,1H3. The Morgan fingerprint density at radius 1 is 1.16 bits per heavy atom. The Bertz CT molecular complexity index is 353. The van der Waals surface area contributed by atoms with Crippen LogP contribution in [0.25, 0.3) is 0 Å². The van der Waals surface area contributed by atoms with Crippen LogP contribution in [0.15, 0.2) is 24.3 Å². The van der Waals surface area contributed by atoms with Crippen molar-refractivity contribution in [3.63, 3.8) is 0 Å². The third-order valence-electron chi connectivity index (χ3n) is 3.98. The normalized spacial score (nSPS) is 16.6. The van der Waals surface area contributed by atoms with Crippen LogP contribution in [-0.2, 0) is 0 Å². The largest absolute Gasteiger partial charge is 0.385 e. The fourth-order valence-electron chi connectivity index (χ4n) is 2.56. The fraction of sp³-hybridized carbons (Fsp3) is 0.625. The summed E-state index contributed by atoms with van der Waals surface area (Å²) in [7, 11) is 0. The van der Waals surface area contributed by atoms with E-state index in [1.807, 2.05) is 0 Å². The fourth-order valence-corrected chi connectivity index (χ4v) is 2.56. The van der Waals surface area contributed by atoms with Gasteiger partial charge < -0.3 is 16.0 Å². The molecule has 0 aliphatic carbocycles. The molecule has 3 nitrogen and oxygen atoms in total. The highest BCUT2D eigenvalue weighted by Gasteiger charge is 2.15. The van der Waals surface area contributed by atoms with Gasteiger partial charge in [0, 0.05) is 31.0 Å². The molecule has 1 aromatic carbocycles. The number of unbranched alkanes of at least 4 members (excludes halogenated alkanes) is 1. The van der Waals surface area contributed by atoms with E-state index in [2.05, 4.69) is 41.4 Å². The highest BCUT2D eigenvalue weighted by Crippen LogP contribution is 2.24. The number of hydrogen-bond acceptors (Lipinski definition) is 3. The molecular formula is C16H27N3. The van der Waals surface area contributed by atoms with Gasteiger partial charge in [-0.1, -0.05) is 6.92 Å². The quantitative estimate of drug-likeness (QED) is 0.773. The molecule has 19 heavy (non-hydrogen) atoms. The van der Waals surface area contributed by atoms with Crippen LogP contribution < -0.4 is 16.0 Å². The first-order valence-electron chi connectivity index (χ1n) is 7.58. The lowest BCUT2D eigenvalue weighted by atomic mass is 9.99. The number of nitrogens with one attached hydrogen (secondary N) is 1. The van der Waals surface area contributed by atoms with Crippen molar-refractivity contribution in [3.8, 4) is 0 Å². The summed E-state index contributed by atoms with van der Waals surface area (Å²) >= 11 is 0. The molecule has 1 saturated heterocycles. The van der Waals surface area contributed by atoms with E-state index >= 15 is 0 Å². The zero-order chi connectivity index (χ0) is 13.5. The van der Waals surface area contributed by atoms with Gasteiger partial charge in [0.1, 0.15) is 0 Å². The molecule has 0 spiro atoms. The second kappa shape index (κ2) is 7.39.